The fourth-order valence-corrected chi connectivity index (χ4v) is 3.12. The highest BCUT2D eigenvalue weighted by Gasteiger charge is 2.10. The van der Waals surface area contributed by atoms with Gasteiger partial charge in [-0.3, -0.25) is 4.99 Å². The van der Waals surface area contributed by atoms with Gasteiger partial charge in [0.05, 0.1) is 17.6 Å². The molecule has 2 heterocycles. The normalized spacial score (nSPS) is 11.7. The molecule has 0 spiro atoms. The fraction of sp³-hybridized carbons (Fsp3) is 0.136. The lowest BCUT2D eigenvalue weighted by Crippen LogP contribution is -2.14. The summed E-state index contributed by atoms with van der Waals surface area (Å²) in [5, 5.41) is 8.32. The van der Waals surface area contributed by atoms with Gasteiger partial charge in [-0.15, -0.1) is 0 Å². The lowest BCUT2D eigenvalue weighted by atomic mass is 10.2. The molecule has 4 aromatic rings. The van der Waals surface area contributed by atoms with Crippen LogP contribution in [0.5, 0.6) is 0 Å². The molecule has 1 N–H and O–H groups in total. The highest BCUT2D eigenvalue weighted by Crippen LogP contribution is 2.19. The Kier molecular flexibility index (Phi) is 6.08. The molecular weight excluding hydrogens is 424 g/mol. The van der Waals surface area contributed by atoms with Crippen LogP contribution >= 0.6 is 11.6 Å². The summed E-state index contributed by atoms with van der Waals surface area (Å²) in [7, 11) is 1.76. The van der Waals surface area contributed by atoms with Crippen molar-refractivity contribution >= 4 is 17.3 Å². The highest BCUT2D eigenvalue weighted by atomic mass is 35.5. The minimum atomic E-state index is -0.884. The van der Waals surface area contributed by atoms with Crippen LogP contribution in [0.15, 0.2) is 70.4 Å². The van der Waals surface area contributed by atoms with Crippen molar-refractivity contribution in [2.24, 2.45) is 4.99 Å². The van der Waals surface area contributed by atoms with Gasteiger partial charge in [0.1, 0.15) is 6.54 Å². The van der Waals surface area contributed by atoms with E-state index < -0.39 is 11.6 Å². The van der Waals surface area contributed by atoms with E-state index in [0.29, 0.717) is 28.6 Å². The topological polar surface area (TPSA) is 68.2 Å². The minimum Gasteiger partial charge on any atom is -0.385 e. The summed E-state index contributed by atoms with van der Waals surface area (Å²) in [4.78, 5) is 8.82. The number of aromatic nitrogens is 3. The Labute approximate surface area is 181 Å². The zero-order chi connectivity index (χ0) is 21.8. The molecule has 0 saturated carbocycles. The monoisotopic (exact) mass is 441 g/mol. The first kappa shape index (κ1) is 20.7. The number of halogens is 3. The van der Waals surface area contributed by atoms with Crippen LogP contribution in [0, 0.1) is 11.6 Å². The van der Waals surface area contributed by atoms with Crippen molar-refractivity contribution in [1.29, 1.82) is 0 Å². The minimum absolute atomic E-state index is 0.0242. The van der Waals surface area contributed by atoms with E-state index in [1.54, 1.807) is 31.4 Å². The molecule has 2 aromatic heterocycles. The Morgan fingerprint density at radius 1 is 1.13 bits per heavy atom. The average molecular weight is 442 g/mol. The van der Waals surface area contributed by atoms with Gasteiger partial charge in [-0.25, -0.2) is 8.78 Å². The third-order valence-electron chi connectivity index (χ3n) is 4.60. The Balaban J connectivity index is 1.53. The summed E-state index contributed by atoms with van der Waals surface area (Å²) in [6.07, 6.45) is 3.63. The van der Waals surface area contributed by atoms with Gasteiger partial charge in [-0.2, -0.15) is 4.98 Å². The van der Waals surface area contributed by atoms with Gasteiger partial charge in [0, 0.05) is 35.6 Å². The third-order valence-corrected chi connectivity index (χ3v) is 4.86. The molecule has 4 rings (SSSR count). The van der Waals surface area contributed by atoms with E-state index >= 15 is 0 Å². The second kappa shape index (κ2) is 9.09. The number of hydrogen-bond donors (Lipinski definition) is 1. The highest BCUT2D eigenvalue weighted by molar-refractivity contribution is 6.30. The lowest BCUT2D eigenvalue weighted by Gasteiger charge is -2.08. The molecule has 0 aliphatic carbocycles. The molecule has 2 aromatic carbocycles. The maximum Gasteiger partial charge on any atom is 0.246 e. The first-order valence-corrected chi connectivity index (χ1v) is 9.81. The first-order valence-electron chi connectivity index (χ1n) is 9.43. The molecule has 9 heteroatoms. The summed E-state index contributed by atoms with van der Waals surface area (Å²) >= 11 is 5.91. The summed E-state index contributed by atoms with van der Waals surface area (Å²) in [5.41, 5.74) is 1.72. The van der Waals surface area contributed by atoms with Crippen molar-refractivity contribution in [1.82, 2.24) is 14.7 Å². The van der Waals surface area contributed by atoms with E-state index in [-0.39, 0.29) is 12.1 Å². The van der Waals surface area contributed by atoms with Crippen molar-refractivity contribution in [2.75, 3.05) is 12.4 Å². The van der Waals surface area contributed by atoms with Crippen LogP contribution < -0.4 is 10.7 Å². The van der Waals surface area contributed by atoms with Crippen LogP contribution in [0.25, 0.3) is 11.4 Å². The molecule has 0 unspecified atom stereocenters. The van der Waals surface area contributed by atoms with Gasteiger partial charge in [-0.05, 0) is 36.4 Å². The van der Waals surface area contributed by atoms with Crippen LogP contribution in [0.3, 0.4) is 0 Å². The molecule has 31 heavy (non-hydrogen) atoms. The van der Waals surface area contributed by atoms with Crippen LogP contribution in [0.4, 0.5) is 14.5 Å². The third kappa shape index (κ3) is 4.80. The van der Waals surface area contributed by atoms with Crippen LogP contribution in [-0.4, -0.2) is 21.8 Å². The second-order valence-corrected chi connectivity index (χ2v) is 7.15. The smallest absolute Gasteiger partial charge is 0.246 e. The predicted molar refractivity (Wildman–Crippen MR) is 113 cm³/mol. The number of anilines is 1. The van der Waals surface area contributed by atoms with E-state index in [1.807, 2.05) is 22.9 Å². The quantitative estimate of drug-likeness (QED) is 0.472. The fourth-order valence-electron chi connectivity index (χ4n) is 2.99. The van der Waals surface area contributed by atoms with Gasteiger partial charge in [0.2, 0.25) is 11.7 Å². The number of nitrogens with one attached hydrogen (secondary N) is 1. The molecule has 6 nitrogen and oxygen atoms in total. The Bertz CT molecular complexity index is 1270. The molecule has 0 atom stereocenters. The zero-order valence-corrected chi connectivity index (χ0v) is 17.3. The van der Waals surface area contributed by atoms with Gasteiger partial charge in [0.15, 0.2) is 11.6 Å². The largest absolute Gasteiger partial charge is 0.385 e. The van der Waals surface area contributed by atoms with E-state index in [1.165, 1.54) is 12.1 Å². The molecule has 158 valence electrons. The number of hydrogen-bond acceptors (Lipinski definition) is 5. The SMILES string of the molecule is CNc1cn(Cc2nc(-c3ccc(Cl)cc3)no2)ccc1=NCc1cccc(F)c1F. The van der Waals surface area contributed by atoms with Crippen LogP contribution in [0.2, 0.25) is 5.02 Å². The van der Waals surface area contributed by atoms with Gasteiger partial charge in [-0.1, -0.05) is 28.9 Å². The number of nitrogens with zero attached hydrogens (tertiary/aromatic N) is 4. The first-order chi connectivity index (χ1) is 15.0. The maximum atomic E-state index is 13.9. The van der Waals surface area contributed by atoms with Crippen LogP contribution in [0.1, 0.15) is 11.5 Å². The van der Waals surface area contributed by atoms with Crippen LogP contribution in [-0.2, 0) is 13.1 Å². The van der Waals surface area contributed by atoms with E-state index in [9.17, 15) is 8.78 Å². The van der Waals surface area contributed by atoms with Gasteiger partial charge >= 0.3 is 0 Å². The Hall–Kier alpha value is -3.52. The predicted octanol–water partition coefficient (Wildman–Crippen LogP) is 4.66. The summed E-state index contributed by atoms with van der Waals surface area (Å²) in [5.74, 6) is -0.852. The Morgan fingerprint density at radius 2 is 1.94 bits per heavy atom. The number of benzene rings is 2. The van der Waals surface area contributed by atoms with Crippen molar-refractivity contribution in [2.45, 2.75) is 13.1 Å². The van der Waals surface area contributed by atoms with Crippen molar-refractivity contribution < 1.29 is 13.3 Å². The zero-order valence-electron chi connectivity index (χ0n) is 16.5. The summed E-state index contributed by atoms with van der Waals surface area (Å²) < 4.78 is 34.4. The van der Waals surface area contributed by atoms with E-state index in [2.05, 4.69) is 20.4 Å². The summed E-state index contributed by atoms with van der Waals surface area (Å²) in [6.45, 7) is 0.379. The molecule has 0 saturated heterocycles. The molecule has 0 bridgehead atoms. The maximum absolute atomic E-state index is 13.9. The molecule has 0 aliphatic rings. The molecular formula is C22H18ClF2N5O. The summed E-state index contributed by atoms with van der Waals surface area (Å²) in [6, 6.07) is 13.0. The molecule has 0 amide bonds. The van der Waals surface area contributed by atoms with Crippen molar-refractivity contribution in [3.8, 4) is 11.4 Å². The van der Waals surface area contributed by atoms with E-state index in [0.717, 1.165) is 17.3 Å². The molecule has 0 radical (unpaired) electrons. The second-order valence-electron chi connectivity index (χ2n) is 6.71. The van der Waals surface area contributed by atoms with Crippen molar-refractivity contribution in [3.63, 3.8) is 0 Å². The van der Waals surface area contributed by atoms with Crippen molar-refractivity contribution in [3.05, 3.63) is 94.4 Å². The van der Waals surface area contributed by atoms with E-state index in [4.69, 9.17) is 16.1 Å². The van der Waals surface area contributed by atoms with Gasteiger partial charge < -0.3 is 14.4 Å². The molecule has 0 fully saturated rings. The van der Waals surface area contributed by atoms with Gasteiger partial charge in [0.25, 0.3) is 0 Å². The number of rotatable bonds is 6. The standard InChI is InChI=1S/C22H18ClF2N5O/c1-26-19-12-30(10-9-18(19)27-11-15-3-2-4-17(24)21(15)25)13-20-28-22(29-31-20)14-5-7-16(23)8-6-14/h2-10,12,26H,11,13H2,1H3. The number of pyridine rings is 1. The Morgan fingerprint density at radius 3 is 2.71 bits per heavy atom. The average Bonchev–Trinajstić information content (AvgIpc) is 3.24. The molecule has 0 aliphatic heterocycles. The lowest BCUT2D eigenvalue weighted by molar-refractivity contribution is 0.371.